The Morgan fingerprint density at radius 3 is 2.88 bits per heavy atom. The molecular formula is C23H21ClFN7O2. The van der Waals surface area contributed by atoms with E-state index in [9.17, 15) is 9.59 Å². The van der Waals surface area contributed by atoms with Gasteiger partial charge in [0.05, 0.1) is 17.0 Å². The van der Waals surface area contributed by atoms with E-state index in [1.165, 1.54) is 6.20 Å². The van der Waals surface area contributed by atoms with Gasteiger partial charge in [-0.25, -0.2) is 14.4 Å². The van der Waals surface area contributed by atoms with Gasteiger partial charge in [0.2, 0.25) is 5.28 Å². The van der Waals surface area contributed by atoms with E-state index >= 15 is 4.39 Å². The Bertz CT molecular complexity index is 1510. The van der Waals surface area contributed by atoms with Crippen LogP contribution in [0.3, 0.4) is 0 Å². The quantitative estimate of drug-likeness (QED) is 0.482. The average molecular weight is 485 g/mol. The standard InChI is InChI=1S/C23H21ClFN7O2/c1-9-7-13-15(21(33)27-9)11-4-3-10-8-26-20(17(25)14(10)18(11)28-13)30-19-16-12(29-23(24)31-19)5-6-32(2)22(16)34/h8-9,28H,3-7H2,1-2H3,(H,27,33)(H,26,29,30,31)/t9-/m0/s1/i2D3. The van der Waals surface area contributed by atoms with E-state index in [4.69, 9.17) is 15.7 Å². The molecule has 174 valence electrons. The van der Waals surface area contributed by atoms with Crippen molar-refractivity contribution >= 4 is 35.1 Å². The SMILES string of the molecule is [2H]C([2H])([2H])N1CCc2nc(Cl)nc(Nc3ncc4c(c3F)-c3[nH]c5c(c3CC4)C(=O)N[C@@H](C)C5)c2C1=O. The van der Waals surface area contributed by atoms with Crippen LogP contribution in [0.25, 0.3) is 11.3 Å². The summed E-state index contributed by atoms with van der Waals surface area (Å²) >= 11 is 6.07. The summed E-state index contributed by atoms with van der Waals surface area (Å²) in [5, 5.41) is 5.51. The zero-order valence-corrected chi connectivity index (χ0v) is 18.8. The second-order valence-electron chi connectivity index (χ2n) is 8.73. The minimum atomic E-state index is -2.66. The summed E-state index contributed by atoms with van der Waals surface area (Å²) in [4.78, 5) is 42.1. The molecule has 6 rings (SSSR count). The smallest absolute Gasteiger partial charge is 0.259 e. The summed E-state index contributed by atoms with van der Waals surface area (Å²) in [7, 11) is 0. The molecule has 1 atom stereocenters. The number of hydrogen-bond acceptors (Lipinski definition) is 6. The molecule has 11 heteroatoms. The second-order valence-corrected chi connectivity index (χ2v) is 9.06. The molecule has 0 saturated carbocycles. The Morgan fingerprint density at radius 2 is 2.06 bits per heavy atom. The van der Waals surface area contributed by atoms with Crippen molar-refractivity contribution in [1.29, 1.82) is 0 Å². The van der Waals surface area contributed by atoms with Gasteiger partial charge in [0.15, 0.2) is 11.6 Å². The lowest BCUT2D eigenvalue weighted by atomic mass is 9.88. The number of amides is 2. The fourth-order valence-electron chi connectivity index (χ4n) is 5.01. The lowest BCUT2D eigenvalue weighted by Gasteiger charge is -2.26. The number of halogens is 2. The molecule has 0 spiro atoms. The Hall–Kier alpha value is -3.53. The van der Waals surface area contributed by atoms with E-state index < -0.39 is 18.7 Å². The fraction of sp³-hybridized carbons (Fsp3) is 0.348. The number of hydrogen-bond donors (Lipinski definition) is 3. The van der Waals surface area contributed by atoms with Crippen LogP contribution in [0.15, 0.2) is 6.20 Å². The van der Waals surface area contributed by atoms with E-state index in [1.54, 1.807) is 0 Å². The molecule has 3 aromatic heterocycles. The molecule has 3 N–H and O–H groups in total. The van der Waals surface area contributed by atoms with Gasteiger partial charge < -0.3 is 20.5 Å². The number of pyridine rings is 1. The highest BCUT2D eigenvalue weighted by Gasteiger charge is 2.34. The molecule has 3 aliphatic rings. The Labute approximate surface area is 203 Å². The summed E-state index contributed by atoms with van der Waals surface area (Å²) in [6.07, 6.45) is 3.36. The van der Waals surface area contributed by atoms with E-state index in [2.05, 4.69) is 30.6 Å². The fourth-order valence-corrected chi connectivity index (χ4v) is 5.20. The molecule has 5 heterocycles. The number of rotatable bonds is 2. The number of aromatic amines is 1. The first kappa shape index (κ1) is 17.9. The van der Waals surface area contributed by atoms with E-state index in [0.717, 1.165) is 16.2 Å². The van der Waals surface area contributed by atoms with Crippen molar-refractivity contribution in [3.05, 3.63) is 50.9 Å². The number of nitrogens with one attached hydrogen (secondary N) is 3. The highest BCUT2D eigenvalue weighted by molar-refractivity contribution is 6.28. The van der Waals surface area contributed by atoms with Crippen LogP contribution in [-0.2, 0) is 25.7 Å². The number of carbonyl (C=O) groups is 2. The molecule has 2 amide bonds. The van der Waals surface area contributed by atoms with Crippen molar-refractivity contribution in [2.24, 2.45) is 0 Å². The average Bonchev–Trinajstić information content (AvgIpc) is 3.18. The molecule has 0 aromatic carbocycles. The molecule has 3 aromatic rings. The van der Waals surface area contributed by atoms with Crippen molar-refractivity contribution in [3.8, 4) is 11.3 Å². The third-order valence-corrected chi connectivity index (χ3v) is 6.68. The van der Waals surface area contributed by atoms with Gasteiger partial charge in [-0.15, -0.1) is 0 Å². The molecule has 0 bridgehead atoms. The first-order valence-corrected chi connectivity index (χ1v) is 11.3. The highest BCUT2D eigenvalue weighted by atomic mass is 35.5. The second kappa shape index (κ2) is 7.49. The Morgan fingerprint density at radius 1 is 1.21 bits per heavy atom. The van der Waals surface area contributed by atoms with Gasteiger partial charge in [0.1, 0.15) is 11.4 Å². The predicted octanol–water partition coefficient (Wildman–Crippen LogP) is 2.80. The molecule has 0 radical (unpaired) electrons. The predicted molar refractivity (Wildman–Crippen MR) is 123 cm³/mol. The molecular weight excluding hydrogens is 461 g/mol. The summed E-state index contributed by atoms with van der Waals surface area (Å²) in [6, 6.07) is -0.0419. The Kier molecular flexibility index (Phi) is 3.94. The molecule has 0 fully saturated rings. The maximum Gasteiger partial charge on any atom is 0.259 e. The first-order valence-electron chi connectivity index (χ1n) is 12.4. The van der Waals surface area contributed by atoms with Gasteiger partial charge in [0, 0.05) is 54.0 Å². The maximum absolute atomic E-state index is 16.0. The number of anilines is 2. The van der Waals surface area contributed by atoms with Crippen LogP contribution >= 0.6 is 11.6 Å². The largest absolute Gasteiger partial charge is 0.357 e. The number of likely N-dealkylation sites (N-methyl/N-ethyl adjacent to an activating group) is 1. The van der Waals surface area contributed by atoms with Crippen molar-refractivity contribution in [2.45, 2.75) is 38.6 Å². The van der Waals surface area contributed by atoms with Crippen molar-refractivity contribution in [2.75, 3.05) is 18.8 Å². The van der Waals surface area contributed by atoms with Crippen LogP contribution in [0.5, 0.6) is 0 Å². The van der Waals surface area contributed by atoms with Gasteiger partial charge in [-0.1, -0.05) is 0 Å². The lowest BCUT2D eigenvalue weighted by molar-refractivity contribution is 0.0779. The molecule has 0 saturated heterocycles. The number of carbonyl (C=O) groups excluding carboxylic acids is 2. The van der Waals surface area contributed by atoms with Crippen molar-refractivity contribution in [3.63, 3.8) is 0 Å². The number of aryl methyl sites for hydroxylation is 1. The third-order valence-electron chi connectivity index (χ3n) is 6.51. The summed E-state index contributed by atoms with van der Waals surface area (Å²) in [5.74, 6) is -2.02. The van der Waals surface area contributed by atoms with Gasteiger partial charge in [-0.2, -0.15) is 4.98 Å². The normalized spacial score (nSPS) is 20.3. The van der Waals surface area contributed by atoms with Crippen LogP contribution in [0.2, 0.25) is 5.28 Å². The summed E-state index contributed by atoms with van der Waals surface area (Å²) in [6.45, 7) is -0.815. The molecule has 34 heavy (non-hydrogen) atoms. The zero-order chi connectivity index (χ0) is 26.2. The van der Waals surface area contributed by atoms with Crippen LogP contribution in [-0.4, -0.2) is 56.2 Å². The highest BCUT2D eigenvalue weighted by Crippen LogP contribution is 2.41. The molecule has 2 aliphatic heterocycles. The van der Waals surface area contributed by atoms with Crippen LogP contribution < -0.4 is 10.6 Å². The van der Waals surface area contributed by atoms with Gasteiger partial charge in [-0.3, -0.25) is 9.59 Å². The van der Waals surface area contributed by atoms with Crippen LogP contribution in [0.1, 0.15) is 54.3 Å². The van der Waals surface area contributed by atoms with Crippen molar-refractivity contribution in [1.82, 2.24) is 30.2 Å². The van der Waals surface area contributed by atoms with Crippen molar-refractivity contribution < 1.29 is 18.1 Å². The van der Waals surface area contributed by atoms with Gasteiger partial charge in [-0.05, 0) is 42.5 Å². The monoisotopic (exact) mass is 484 g/mol. The number of fused-ring (bicyclic) bond motifs is 6. The third kappa shape index (κ3) is 3.08. The molecule has 9 nitrogen and oxygen atoms in total. The first-order chi connectivity index (χ1) is 17.5. The molecule has 0 unspecified atom stereocenters. The van der Waals surface area contributed by atoms with Gasteiger partial charge >= 0.3 is 0 Å². The number of H-pyrrole nitrogens is 1. The topological polar surface area (TPSA) is 116 Å². The summed E-state index contributed by atoms with van der Waals surface area (Å²) in [5.41, 5.74) is 3.77. The Balaban J connectivity index is 1.44. The minimum absolute atomic E-state index is 0.0419. The number of aromatic nitrogens is 4. The lowest BCUT2D eigenvalue weighted by Crippen LogP contribution is -2.39. The van der Waals surface area contributed by atoms with E-state index in [0.29, 0.717) is 36.1 Å². The zero-order valence-electron chi connectivity index (χ0n) is 21.1. The van der Waals surface area contributed by atoms with E-state index in [-0.39, 0.29) is 58.7 Å². The van der Waals surface area contributed by atoms with Crippen LogP contribution in [0.4, 0.5) is 16.0 Å². The summed E-state index contributed by atoms with van der Waals surface area (Å²) < 4.78 is 39.1. The minimum Gasteiger partial charge on any atom is -0.357 e. The van der Waals surface area contributed by atoms with Crippen LogP contribution in [0, 0.1) is 5.82 Å². The van der Waals surface area contributed by atoms with Gasteiger partial charge in [0.25, 0.3) is 11.8 Å². The number of nitrogens with zero attached hydrogens (tertiary/aromatic N) is 4. The van der Waals surface area contributed by atoms with E-state index in [1.807, 2.05) is 6.92 Å². The molecule has 1 aliphatic carbocycles. The maximum atomic E-state index is 16.0.